The van der Waals surface area contributed by atoms with E-state index in [1.54, 1.807) is 0 Å². The molecule has 2 rings (SSSR count). The Bertz CT molecular complexity index is 382. The lowest BCUT2D eigenvalue weighted by molar-refractivity contribution is 0.0541. The highest BCUT2D eigenvalue weighted by atomic mass is 16.5. The van der Waals surface area contributed by atoms with Crippen molar-refractivity contribution in [3.63, 3.8) is 0 Å². The van der Waals surface area contributed by atoms with Gasteiger partial charge in [0.1, 0.15) is 11.4 Å². The predicted octanol–water partition coefficient (Wildman–Crippen LogP) is 3.13. The van der Waals surface area contributed by atoms with Crippen LogP contribution in [0, 0.1) is 20.8 Å². The summed E-state index contributed by atoms with van der Waals surface area (Å²) < 4.78 is 6.32. The first-order valence-corrected chi connectivity index (χ1v) is 6.48. The van der Waals surface area contributed by atoms with Crippen LogP contribution >= 0.6 is 0 Å². The van der Waals surface area contributed by atoms with Crippen molar-refractivity contribution in [2.24, 2.45) is 0 Å². The second-order valence-corrected chi connectivity index (χ2v) is 5.53. The van der Waals surface area contributed by atoms with Gasteiger partial charge in [0.15, 0.2) is 0 Å². The van der Waals surface area contributed by atoms with E-state index in [-0.39, 0.29) is 5.60 Å². The van der Waals surface area contributed by atoms with Crippen LogP contribution in [0.3, 0.4) is 0 Å². The van der Waals surface area contributed by atoms with Gasteiger partial charge in [-0.2, -0.15) is 0 Å². The predicted molar refractivity (Wildman–Crippen MR) is 71.8 cm³/mol. The Balaban J connectivity index is 2.23. The molecule has 0 spiro atoms. The van der Waals surface area contributed by atoms with Crippen LogP contribution < -0.4 is 10.1 Å². The minimum Gasteiger partial charge on any atom is -0.487 e. The highest BCUT2D eigenvalue weighted by Gasteiger charge is 2.29. The van der Waals surface area contributed by atoms with Crippen molar-refractivity contribution in [2.75, 3.05) is 13.1 Å². The van der Waals surface area contributed by atoms with Gasteiger partial charge in [-0.3, -0.25) is 0 Å². The summed E-state index contributed by atoms with van der Waals surface area (Å²) in [5, 5.41) is 3.38. The average molecular weight is 233 g/mol. The Kier molecular flexibility index (Phi) is 3.43. The molecular formula is C15H23NO. The van der Waals surface area contributed by atoms with Crippen LogP contribution in [0.4, 0.5) is 0 Å². The molecule has 0 aliphatic carbocycles. The molecule has 0 radical (unpaired) electrons. The summed E-state index contributed by atoms with van der Waals surface area (Å²) in [6.07, 6.45) is 2.17. The lowest BCUT2D eigenvalue weighted by Crippen LogP contribution is -2.44. The van der Waals surface area contributed by atoms with E-state index in [1.807, 2.05) is 0 Å². The second kappa shape index (κ2) is 4.69. The summed E-state index contributed by atoms with van der Waals surface area (Å²) in [6.45, 7) is 10.8. The average Bonchev–Trinajstić information content (AvgIpc) is 2.24. The molecule has 2 heteroatoms. The van der Waals surface area contributed by atoms with E-state index >= 15 is 0 Å². The third kappa shape index (κ3) is 2.81. The minimum absolute atomic E-state index is 0.00394. The molecule has 0 amide bonds. The number of hydrogen-bond acceptors (Lipinski definition) is 2. The van der Waals surface area contributed by atoms with E-state index in [2.05, 4.69) is 45.1 Å². The van der Waals surface area contributed by atoms with Gasteiger partial charge in [-0.1, -0.05) is 17.7 Å². The third-order valence-corrected chi connectivity index (χ3v) is 3.61. The van der Waals surface area contributed by atoms with Crippen molar-refractivity contribution in [3.05, 3.63) is 28.8 Å². The zero-order valence-corrected chi connectivity index (χ0v) is 11.4. The molecule has 17 heavy (non-hydrogen) atoms. The fraction of sp³-hybridized carbons (Fsp3) is 0.600. The fourth-order valence-corrected chi connectivity index (χ4v) is 2.63. The van der Waals surface area contributed by atoms with E-state index in [0.29, 0.717) is 0 Å². The molecule has 1 saturated heterocycles. The van der Waals surface area contributed by atoms with Crippen molar-refractivity contribution in [1.82, 2.24) is 5.32 Å². The number of nitrogens with one attached hydrogen (secondary N) is 1. The normalized spacial score (nSPS) is 19.1. The van der Waals surface area contributed by atoms with Gasteiger partial charge in [-0.25, -0.2) is 0 Å². The Labute approximate surface area is 104 Å². The molecule has 1 N–H and O–H groups in total. The van der Waals surface area contributed by atoms with Crippen LogP contribution in [0.1, 0.15) is 36.5 Å². The maximum atomic E-state index is 6.32. The van der Waals surface area contributed by atoms with E-state index in [4.69, 9.17) is 4.74 Å². The molecule has 94 valence electrons. The molecule has 0 saturated carbocycles. The van der Waals surface area contributed by atoms with E-state index < -0.39 is 0 Å². The smallest absolute Gasteiger partial charge is 0.125 e. The van der Waals surface area contributed by atoms with E-state index in [9.17, 15) is 0 Å². The van der Waals surface area contributed by atoms with Crippen LogP contribution in [0.15, 0.2) is 12.1 Å². The van der Waals surface area contributed by atoms with Crippen LogP contribution in [-0.2, 0) is 0 Å². The first-order valence-electron chi connectivity index (χ1n) is 6.48. The van der Waals surface area contributed by atoms with Gasteiger partial charge in [0, 0.05) is 0 Å². The summed E-state index contributed by atoms with van der Waals surface area (Å²) >= 11 is 0. The van der Waals surface area contributed by atoms with Crippen LogP contribution in [-0.4, -0.2) is 18.7 Å². The van der Waals surface area contributed by atoms with Crippen LogP contribution in [0.5, 0.6) is 5.75 Å². The first-order chi connectivity index (χ1) is 8.00. The van der Waals surface area contributed by atoms with Crippen molar-refractivity contribution >= 4 is 0 Å². The van der Waals surface area contributed by atoms with E-state index in [1.165, 1.54) is 16.7 Å². The molecule has 0 unspecified atom stereocenters. The number of benzene rings is 1. The lowest BCUT2D eigenvalue weighted by Gasteiger charge is -2.35. The standard InChI is InChI=1S/C15H23NO/c1-11-9-12(2)14(13(3)10-11)17-15(4)5-7-16-8-6-15/h9-10,16H,5-8H2,1-4H3. The van der Waals surface area contributed by atoms with Crippen LogP contribution in [0.2, 0.25) is 0 Å². The molecule has 1 heterocycles. The minimum atomic E-state index is -0.00394. The number of piperidine rings is 1. The fourth-order valence-electron chi connectivity index (χ4n) is 2.63. The Morgan fingerprint density at radius 3 is 2.12 bits per heavy atom. The van der Waals surface area contributed by atoms with Gasteiger partial charge in [0.25, 0.3) is 0 Å². The number of aryl methyl sites for hydroxylation is 3. The maximum Gasteiger partial charge on any atom is 0.125 e. The summed E-state index contributed by atoms with van der Waals surface area (Å²) in [5.41, 5.74) is 3.81. The number of ether oxygens (including phenoxy) is 1. The maximum absolute atomic E-state index is 6.32. The monoisotopic (exact) mass is 233 g/mol. The van der Waals surface area contributed by atoms with Gasteiger partial charge in [-0.15, -0.1) is 0 Å². The van der Waals surface area contributed by atoms with Crippen molar-refractivity contribution in [3.8, 4) is 5.75 Å². The topological polar surface area (TPSA) is 21.3 Å². The van der Waals surface area contributed by atoms with Crippen LogP contribution in [0.25, 0.3) is 0 Å². The second-order valence-electron chi connectivity index (χ2n) is 5.53. The Hall–Kier alpha value is -1.02. The molecule has 0 bridgehead atoms. The van der Waals surface area contributed by atoms with Gasteiger partial charge in [-0.05, 0) is 64.8 Å². The highest BCUT2D eigenvalue weighted by Crippen LogP contribution is 2.31. The quantitative estimate of drug-likeness (QED) is 0.847. The molecule has 1 fully saturated rings. The summed E-state index contributed by atoms with van der Waals surface area (Å²) in [5.74, 6) is 1.08. The zero-order valence-electron chi connectivity index (χ0n) is 11.4. The van der Waals surface area contributed by atoms with Crippen molar-refractivity contribution in [1.29, 1.82) is 0 Å². The molecule has 1 aromatic carbocycles. The van der Waals surface area contributed by atoms with Crippen molar-refractivity contribution in [2.45, 2.75) is 46.1 Å². The lowest BCUT2D eigenvalue weighted by atomic mass is 9.94. The van der Waals surface area contributed by atoms with Gasteiger partial charge < -0.3 is 10.1 Å². The first kappa shape index (κ1) is 12.4. The van der Waals surface area contributed by atoms with Crippen molar-refractivity contribution < 1.29 is 4.74 Å². The zero-order chi connectivity index (χ0) is 12.5. The third-order valence-electron chi connectivity index (χ3n) is 3.61. The molecule has 0 aromatic heterocycles. The highest BCUT2D eigenvalue weighted by molar-refractivity contribution is 5.43. The molecule has 2 nitrogen and oxygen atoms in total. The summed E-state index contributed by atoms with van der Waals surface area (Å²) in [6, 6.07) is 4.40. The molecule has 1 aromatic rings. The van der Waals surface area contributed by atoms with Gasteiger partial charge in [0.2, 0.25) is 0 Å². The van der Waals surface area contributed by atoms with Gasteiger partial charge >= 0.3 is 0 Å². The molecule has 1 aliphatic rings. The SMILES string of the molecule is Cc1cc(C)c(OC2(C)CCNCC2)c(C)c1. The number of rotatable bonds is 2. The Morgan fingerprint density at radius 1 is 1.06 bits per heavy atom. The number of hydrogen-bond donors (Lipinski definition) is 1. The van der Waals surface area contributed by atoms with E-state index in [0.717, 1.165) is 31.7 Å². The molecule has 1 aliphatic heterocycles. The molecule has 0 atom stereocenters. The molecular weight excluding hydrogens is 210 g/mol. The summed E-state index contributed by atoms with van der Waals surface area (Å²) in [7, 11) is 0. The largest absolute Gasteiger partial charge is 0.487 e. The Morgan fingerprint density at radius 2 is 1.59 bits per heavy atom. The van der Waals surface area contributed by atoms with Gasteiger partial charge in [0.05, 0.1) is 0 Å². The summed E-state index contributed by atoms with van der Waals surface area (Å²) in [4.78, 5) is 0.